The van der Waals surface area contributed by atoms with E-state index in [4.69, 9.17) is 4.42 Å². The second-order valence-electron chi connectivity index (χ2n) is 44.1. The summed E-state index contributed by atoms with van der Waals surface area (Å²) in [6.07, 6.45) is 0. The van der Waals surface area contributed by atoms with Crippen molar-refractivity contribution in [2.75, 3.05) is 9.80 Å². The van der Waals surface area contributed by atoms with Crippen molar-refractivity contribution in [3.05, 3.63) is 416 Å². The summed E-state index contributed by atoms with van der Waals surface area (Å²) in [5.41, 5.74) is 40.1. The molecule has 0 N–H and O–H groups in total. The smallest absolute Gasteiger partial charge is 0.252 e. The summed E-state index contributed by atoms with van der Waals surface area (Å²) in [5, 5.41) is 6.82. The Morgan fingerprint density at radius 2 is 0.485 bits per heavy atom. The highest BCUT2D eigenvalue weighted by Gasteiger charge is 2.47. The van der Waals surface area contributed by atoms with E-state index in [0.717, 1.165) is 168 Å². The van der Waals surface area contributed by atoms with Crippen LogP contribution in [0.1, 0.15) is 158 Å². The maximum atomic E-state index is 6.89. The molecule has 5 nitrogen and oxygen atoms in total. The Bertz CT molecular complexity index is 7410. The van der Waals surface area contributed by atoms with Crippen LogP contribution in [0.5, 0.6) is 0 Å². The Kier molecular flexibility index (Phi) is 20.7. The van der Waals surface area contributed by atoms with Crippen molar-refractivity contribution in [2.45, 2.75) is 157 Å². The van der Waals surface area contributed by atoms with E-state index >= 15 is 0 Å². The zero-order chi connectivity index (χ0) is 94.0. The fourth-order valence-electron chi connectivity index (χ4n) is 21.4. The van der Waals surface area contributed by atoms with Gasteiger partial charge < -0.3 is 23.4 Å². The highest BCUT2D eigenvalue weighted by atomic mass is 16.3. The minimum Gasteiger partial charge on any atom is -0.456 e. The first-order valence-electron chi connectivity index (χ1n) is 48.5. The summed E-state index contributed by atoms with van der Waals surface area (Å²) < 4.78 is 12.1. The molecule has 17 aromatic carbocycles. The fraction of sp³-hybridized carbons (Fsp3) is 0.185. The molecule has 0 unspecified atom stereocenters. The van der Waals surface area contributed by atoms with Crippen molar-refractivity contribution < 1.29 is 4.42 Å². The van der Waals surface area contributed by atoms with E-state index in [1.165, 1.54) is 71.3 Å². The minimum absolute atomic E-state index is 0.202. The van der Waals surface area contributed by atoms with Gasteiger partial charge in [0, 0.05) is 88.7 Å². The zero-order valence-electron chi connectivity index (χ0n) is 81.6. The fourth-order valence-corrected chi connectivity index (χ4v) is 21.4. The van der Waals surface area contributed by atoms with Crippen molar-refractivity contribution in [2.24, 2.45) is 0 Å². The van der Waals surface area contributed by atoms with Crippen molar-refractivity contribution >= 4 is 101 Å². The van der Waals surface area contributed by atoms with Gasteiger partial charge >= 0.3 is 0 Å². The number of aromatic nitrogens is 2. The van der Waals surface area contributed by atoms with Gasteiger partial charge in [0.05, 0.1) is 34.2 Å². The maximum Gasteiger partial charge on any atom is 0.252 e. The molecular weight excluding hydrogens is 1640 g/mol. The summed E-state index contributed by atoms with van der Waals surface area (Å²) in [7, 11) is 0. The summed E-state index contributed by atoms with van der Waals surface area (Å²) in [6.45, 7) is 42.3. The first kappa shape index (κ1) is 86.7. The van der Waals surface area contributed by atoms with Crippen molar-refractivity contribution in [3.63, 3.8) is 0 Å². The second kappa shape index (κ2) is 32.6. The lowest BCUT2D eigenvalue weighted by Crippen LogP contribution is -2.61. The molecule has 6 heteroatoms. The number of fused-ring (bicyclic) bond motifs is 9. The third kappa shape index (κ3) is 15.0. The Morgan fingerprint density at radius 1 is 0.199 bits per heavy atom. The topological polar surface area (TPSA) is 29.5 Å². The van der Waals surface area contributed by atoms with E-state index in [0.29, 0.717) is 0 Å². The lowest BCUT2D eigenvalue weighted by molar-refractivity contribution is 0.589. The van der Waals surface area contributed by atoms with Gasteiger partial charge in [-0.2, -0.15) is 0 Å². The standard InChI is InChI=1S/C130H117BN4O/c1-125(2,3)92-53-37-49-87(69-92)105-76-96(129(13,14)15)77-106(88-50-38-54-93(70-88)126(4,5)6)123(105)134-112-80-98(132-119(82-41-23-19-24-42-82)101-58-31-32-59-102(101)120(132)83-43-25-20-26-44-83)64-66-110(112)131-111-67-65-99(133-121(84-45-27-21-28-46-84)103-60-33-34-61-104(103)122(133)85-47-29-22-30-48-85)81-113(111)135(115-75-91(74-114(134)118(115)131)86-63-68-117-109(73-86)100-57-35-36-62-116(100)136-117)124-107(89-51-39-55-94(71-89)127(7,8)9)78-97(130(16,17)18)79-108(124)90-52-40-56-95(72-90)128(10,11)12/h19-81H,1-18H3. The molecular formula is C130H117BN4O. The predicted octanol–water partition coefficient (Wildman–Crippen LogP) is 34.3. The van der Waals surface area contributed by atoms with Gasteiger partial charge in [-0.25, -0.2) is 0 Å². The molecule has 0 bridgehead atoms. The molecule has 0 spiro atoms. The van der Waals surface area contributed by atoms with Crippen LogP contribution >= 0.6 is 0 Å². The van der Waals surface area contributed by atoms with Gasteiger partial charge in [0.15, 0.2) is 0 Å². The van der Waals surface area contributed by atoms with E-state index < -0.39 is 6.71 Å². The van der Waals surface area contributed by atoms with Gasteiger partial charge in [-0.15, -0.1) is 0 Å². The van der Waals surface area contributed by atoms with Crippen LogP contribution < -0.4 is 26.2 Å². The van der Waals surface area contributed by atoms with Gasteiger partial charge in [0.25, 0.3) is 6.71 Å². The van der Waals surface area contributed by atoms with Crippen LogP contribution in [0.4, 0.5) is 34.1 Å². The Morgan fingerprint density at radius 3 is 0.801 bits per heavy atom. The second-order valence-corrected chi connectivity index (χ2v) is 44.1. The molecule has 666 valence electrons. The van der Waals surface area contributed by atoms with E-state index in [2.05, 4.69) is 526 Å². The molecule has 2 aliphatic rings. The molecule has 0 saturated heterocycles. The number of hydrogen-bond donors (Lipinski definition) is 0. The van der Waals surface area contributed by atoms with Crippen LogP contribution in [0, 0.1) is 0 Å². The summed E-state index contributed by atoms with van der Waals surface area (Å²) in [6, 6.07) is 147. The highest BCUT2D eigenvalue weighted by molar-refractivity contribution is 7.00. The van der Waals surface area contributed by atoms with Crippen LogP contribution in [0.3, 0.4) is 0 Å². The molecule has 0 aliphatic carbocycles. The number of benzene rings is 17. The van der Waals surface area contributed by atoms with Gasteiger partial charge in [-0.3, -0.25) is 0 Å². The third-order valence-electron chi connectivity index (χ3n) is 28.8. The number of para-hydroxylation sites is 1. The number of rotatable bonds is 13. The molecule has 3 aromatic heterocycles. The lowest BCUT2D eigenvalue weighted by Gasteiger charge is -2.46. The molecule has 0 amide bonds. The Labute approximate surface area is 803 Å². The highest BCUT2D eigenvalue weighted by Crippen LogP contribution is 2.58. The van der Waals surface area contributed by atoms with Crippen LogP contribution in [0.2, 0.25) is 0 Å². The quantitative estimate of drug-likeness (QED) is 0.108. The Hall–Kier alpha value is -14.7. The maximum absolute atomic E-state index is 6.89. The number of furan rings is 1. The van der Waals surface area contributed by atoms with Crippen LogP contribution in [-0.2, 0) is 32.5 Å². The molecule has 0 atom stereocenters. The minimum atomic E-state index is -0.417. The monoisotopic (exact) mass is 1760 g/mol. The molecule has 5 heterocycles. The van der Waals surface area contributed by atoms with Gasteiger partial charge in [0.1, 0.15) is 11.2 Å². The largest absolute Gasteiger partial charge is 0.456 e. The average Bonchev–Trinajstić information content (AvgIpc) is 0.756. The van der Waals surface area contributed by atoms with E-state index in [1.807, 2.05) is 0 Å². The van der Waals surface area contributed by atoms with E-state index in [9.17, 15) is 0 Å². The van der Waals surface area contributed by atoms with Crippen LogP contribution in [-0.4, -0.2) is 15.8 Å². The van der Waals surface area contributed by atoms with Crippen LogP contribution in [0.25, 0.3) is 156 Å². The molecule has 20 aromatic rings. The van der Waals surface area contributed by atoms with E-state index in [-0.39, 0.29) is 32.5 Å². The molecule has 0 fully saturated rings. The molecule has 136 heavy (non-hydrogen) atoms. The molecule has 2 aliphatic heterocycles. The summed E-state index contributed by atoms with van der Waals surface area (Å²) in [5.74, 6) is 0. The number of hydrogen-bond acceptors (Lipinski definition) is 3. The van der Waals surface area contributed by atoms with E-state index in [1.54, 1.807) is 0 Å². The van der Waals surface area contributed by atoms with Crippen molar-refractivity contribution in [1.82, 2.24) is 9.13 Å². The average molecular weight is 1760 g/mol. The van der Waals surface area contributed by atoms with Crippen LogP contribution in [0.15, 0.2) is 387 Å². The molecule has 0 saturated carbocycles. The Balaban J connectivity index is 0.982. The van der Waals surface area contributed by atoms with Gasteiger partial charge in [-0.1, -0.05) is 428 Å². The molecule has 0 radical (unpaired) electrons. The molecule has 22 rings (SSSR count). The lowest BCUT2D eigenvalue weighted by atomic mass is 9.33. The van der Waals surface area contributed by atoms with Gasteiger partial charge in [0.2, 0.25) is 0 Å². The first-order chi connectivity index (χ1) is 65.3. The third-order valence-corrected chi connectivity index (χ3v) is 28.8. The predicted molar refractivity (Wildman–Crippen MR) is 583 cm³/mol. The number of nitrogens with zero attached hydrogens (tertiary/aromatic N) is 4. The summed E-state index contributed by atoms with van der Waals surface area (Å²) in [4.78, 5) is 5.60. The zero-order valence-corrected chi connectivity index (χ0v) is 81.6. The normalized spacial score (nSPS) is 13.0. The van der Waals surface area contributed by atoms with Gasteiger partial charge in [-0.05, 0) is 217 Å². The SMILES string of the molecule is CC(C)(C)c1cccc(-c2cc(C(C)(C)C)cc(-c3cccc(C(C)(C)C)c3)c2N2c3cc(-n4c(-c5ccccc5)c5ccccc5c4-c4ccccc4)ccc3B3c4ccc(-n5c(-c6ccccc6)c6ccccc6c5-c5ccccc5)cc4N(c4c(-c5cccc(C(C)(C)C)c5)cc(C(C)(C)C)cc4-c4cccc(C(C)(C)C)c4)c4cc(-c5ccc6oc7ccccc7c6c5)cc2c43)c1. The summed E-state index contributed by atoms with van der Waals surface area (Å²) >= 11 is 0. The van der Waals surface area contributed by atoms with Crippen molar-refractivity contribution in [1.29, 1.82) is 0 Å². The number of anilines is 6. The first-order valence-corrected chi connectivity index (χ1v) is 48.5. The van der Waals surface area contributed by atoms with Crippen molar-refractivity contribution in [3.8, 4) is 112 Å².